The van der Waals surface area contributed by atoms with Crippen LogP contribution >= 0.6 is 15.9 Å². The number of hydrogen-bond acceptors (Lipinski definition) is 3. The Hall–Kier alpha value is -1.10. The Balaban J connectivity index is 2.66. The van der Waals surface area contributed by atoms with Crippen LogP contribution in [0.1, 0.15) is 13.3 Å². The molecule has 1 aliphatic rings. The molecule has 1 rings (SSSR count). The van der Waals surface area contributed by atoms with Crippen LogP contribution in [-0.4, -0.2) is 49.2 Å². The highest BCUT2D eigenvalue weighted by Crippen LogP contribution is 2.13. The SMILES string of the molecule is CCC(Br)=CC=C1CN=CN1CC(=O)N(C)C. The zero-order chi connectivity index (χ0) is 12.8. The van der Waals surface area contributed by atoms with Crippen molar-refractivity contribution in [3.05, 3.63) is 22.3 Å². The summed E-state index contributed by atoms with van der Waals surface area (Å²) in [7, 11) is 3.51. The van der Waals surface area contributed by atoms with Crippen LogP contribution in [0.25, 0.3) is 0 Å². The first-order chi connectivity index (χ1) is 8.04. The Labute approximate surface area is 111 Å². The fourth-order valence-electron chi connectivity index (χ4n) is 1.28. The Morgan fingerprint density at radius 2 is 2.35 bits per heavy atom. The lowest BCUT2D eigenvalue weighted by Gasteiger charge is -2.18. The molecule has 0 N–H and O–H groups in total. The van der Waals surface area contributed by atoms with Gasteiger partial charge in [0.15, 0.2) is 0 Å². The van der Waals surface area contributed by atoms with E-state index >= 15 is 0 Å². The predicted octanol–water partition coefficient (Wildman–Crippen LogP) is 1.99. The van der Waals surface area contributed by atoms with E-state index in [1.807, 2.05) is 17.1 Å². The molecule has 0 bridgehead atoms. The first-order valence-electron chi connectivity index (χ1n) is 5.56. The minimum atomic E-state index is 0.0720. The van der Waals surface area contributed by atoms with Crippen LogP contribution in [0.15, 0.2) is 27.3 Å². The minimum Gasteiger partial charge on any atom is -0.347 e. The van der Waals surface area contributed by atoms with Gasteiger partial charge in [0.2, 0.25) is 5.91 Å². The van der Waals surface area contributed by atoms with Crippen LogP contribution < -0.4 is 0 Å². The predicted molar refractivity (Wildman–Crippen MR) is 74.1 cm³/mol. The molecule has 17 heavy (non-hydrogen) atoms. The van der Waals surface area contributed by atoms with Crippen LogP contribution in [0.3, 0.4) is 0 Å². The second-order valence-electron chi connectivity index (χ2n) is 4.00. The van der Waals surface area contributed by atoms with E-state index in [0.29, 0.717) is 13.1 Å². The normalized spacial score (nSPS) is 18.0. The van der Waals surface area contributed by atoms with Gasteiger partial charge in [-0.2, -0.15) is 0 Å². The highest BCUT2D eigenvalue weighted by molar-refractivity contribution is 9.11. The highest BCUT2D eigenvalue weighted by atomic mass is 79.9. The summed E-state index contributed by atoms with van der Waals surface area (Å²) in [6.07, 6.45) is 6.70. The first kappa shape index (κ1) is 14.0. The van der Waals surface area contributed by atoms with E-state index in [4.69, 9.17) is 0 Å². The number of aliphatic imine (C=N–C) groups is 1. The van der Waals surface area contributed by atoms with Crippen molar-refractivity contribution >= 4 is 28.2 Å². The highest BCUT2D eigenvalue weighted by Gasteiger charge is 2.16. The number of likely N-dealkylation sites (N-methyl/N-ethyl adjacent to an activating group) is 1. The largest absolute Gasteiger partial charge is 0.347 e. The molecule has 4 nitrogen and oxygen atoms in total. The van der Waals surface area contributed by atoms with Gasteiger partial charge in [-0.15, -0.1) is 0 Å². The number of allylic oxidation sites excluding steroid dienone is 3. The molecule has 0 radical (unpaired) electrons. The minimum absolute atomic E-state index is 0.0720. The lowest BCUT2D eigenvalue weighted by Crippen LogP contribution is -2.34. The van der Waals surface area contributed by atoms with E-state index in [2.05, 4.69) is 27.8 Å². The molecular weight excluding hydrogens is 282 g/mol. The van der Waals surface area contributed by atoms with Crippen LogP contribution in [0.4, 0.5) is 0 Å². The van der Waals surface area contributed by atoms with Gasteiger partial charge >= 0.3 is 0 Å². The third-order valence-corrected chi connectivity index (χ3v) is 3.27. The van der Waals surface area contributed by atoms with Gasteiger partial charge in [-0.05, 0) is 17.0 Å². The van der Waals surface area contributed by atoms with Gasteiger partial charge in [0.05, 0.1) is 12.9 Å². The van der Waals surface area contributed by atoms with Gasteiger partial charge in [0, 0.05) is 19.8 Å². The van der Waals surface area contributed by atoms with Crippen LogP contribution in [-0.2, 0) is 4.79 Å². The molecule has 0 unspecified atom stereocenters. The molecular formula is C12H18BrN3O. The smallest absolute Gasteiger partial charge is 0.242 e. The third kappa shape index (κ3) is 4.34. The van der Waals surface area contributed by atoms with Crippen molar-refractivity contribution < 1.29 is 4.79 Å². The molecule has 0 aliphatic carbocycles. The molecule has 5 heteroatoms. The molecule has 94 valence electrons. The third-order valence-electron chi connectivity index (χ3n) is 2.44. The Bertz CT molecular complexity index is 372. The van der Waals surface area contributed by atoms with Crippen molar-refractivity contribution in [1.82, 2.24) is 9.80 Å². The molecule has 1 amide bonds. The quantitative estimate of drug-likeness (QED) is 0.796. The van der Waals surface area contributed by atoms with Crippen molar-refractivity contribution in [1.29, 1.82) is 0 Å². The Kier molecular flexibility index (Phi) is 5.41. The van der Waals surface area contributed by atoms with Crippen molar-refractivity contribution in [2.24, 2.45) is 4.99 Å². The molecule has 0 aromatic rings. The molecule has 0 saturated heterocycles. The second-order valence-corrected chi connectivity index (χ2v) is 5.02. The van der Waals surface area contributed by atoms with Gasteiger partial charge in [0.1, 0.15) is 6.54 Å². The molecule has 1 aliphatic heterocycles. The summed E-state index contributed by atoms with van der Waals surface area (Å²) in [4.78, 5) is 19.3. The van der Waals surface area contributed by atoms with E-state index in [9.17, 15) is 4.79 Å². The molecule has 0 atom stereocenters. The number of carbonyl (C=O) groups is 1. The Morgan fingerprint density at radius 3 is 2.94 bits per heavy atom. The zero-order valence-electron chi connectivity index (χ0n) is 10.5. The van der Waals surface area contributed by atoms with E-state index in [0.717, 1.165) is 16.6 Å². The van der Waals surface area contributed by atoms with Gasteiger partial charge in [0.25, 0.3) is 0 Å². The zero-order valence-corrected chi connectivity index (χ0v) is 12.1. The van der Waals surface area contributed by atoms with Crippen LogP contribution in [0.5, 0.6) is 0 Å². The molecule has 1 heterocycles. The van der Waals surface area contributed by atoms with Crippen LogP contribution in [0.2, 0.25) is 0 Å². The number of carbonyl (C=O) groups excluding carboxylic acids is 1. The van der Waals surface area contributed by atoms with E-state index in [1.165, 1.54) is 0 Å². The summed E-state index contributed by atoms with van der Waals surface area (Å²) < 4.78 is 1.13. The lowest BCUT2D eigenvalue weighted by molar-refractivity contribution is -0.128. The number of nitrogens with zero attached hydrogens (tertiary/aromatic N) is 3. The standard InChI is InChI=1S/C12H18BrN3O/c1-4-10(13)5-6-11-7-14-9-16(11)8-12(17)15(2)3/h5-6,9H,4,7-8H2,1-3H3. The maximum Gasteiger partial charge on any atom is 0.242 e. The summed E-state index contributed by atoms with van der Waals surface area (Å²) in [6.45, 7) is 3.07. The molecule has 0 spiro atoms. The second kappa shape index (κ2) is 6.59. The van der Waals surface area contributed by atoms with Crippen molar-refractivity contribution in [3.8, 4) is 0 Å². The lowest BCUT2D eigenvalue weighted by atomic mass is 10.3. The summed E-state index contributed by atoms with van der Waals surface area (Å²) in [6, 6.07) is 0. The van der Waals surface area contributed by atoms with Gasteiger partial charge in [-0.25, -0.2) is 0 Å². The first-order valence-corrected chi connectivity index (χ1v) is 6.36. The number of hydrogen-bond donors (Lipinski definition) is 0. The average molecular weight is 300 g/mol. The Morgan fingerprint density at radius 1 is 1.65 bits per heavy atom. The van der Waals surface area contributed by atoms with Gasteiger partial charge in [-0.1, -0.05) is 28.9 Å². The van der Waals surface area contributed by atoms with E-state index < -0.39 is 0 Å². The molecule has 0 fully saturated rings. The van der Waals surface area contributed by atoms with Crippen molar-refractivity contribution in [2.75, 3.05) is 27.2 Å². The average Bonchev–Trinajstić information content (AvgIpc) is 2.73. The monoisotopic (exact) mass is 299 g/mol. The fourth-order valence-corrected chi connectivity index (χ4v) is 1.41. The molecule has 0 aromatic carbocycles. The fraction of sp³-hybridized carbons (Fsp3) is 0.500. The van der Waals surface area contributed by atoms with Crippen molar-refractivity contribution in [2.45, 2.75) is 13.3 Å². The summed E-state index contributed by atoms with van der Waals surface area (Å²) >= 11 is 3.46. The van der Waals surface area contributed by atoms with E-state index in [1.54, 1.807) is 25.3 Å². The van der Waals surface area contributed by atoms with Crippen LogP contribution in [0, 0.1) is 0 Å². The van der Waals surface area contributed by atoms with Crippen molar-refractivity contribution in [3.63, 3.8) is 0 Å². The molecule has 0 saturated carbocycles. The number of rotatable bonds is 4. The summed E-state index contributed by atoms with van der Waals surface area (Å²) in [5.41, 5.74) is 1.05. The number of halogens is 1. The maximum absolute atomic E-state index is 11.6. The number of amides is 1. The van der Waals surface area contributed by atoms with Gasteiger partial charge < -0.3 is 9.80 Å². The van der Waals surface area contributed by atoms with Gasteiger partial charge in [-0.3, -0.25) is 9.79 Å². The topological polar surface area (TPSA) is 35.9 Å². The molecule has 0 aromatic heterocycles. The summed E-state index contributed by atoms with van der Waals surface area (Å²) in [5, 5.41) is 0. The summed E-state index contributed by atoms with van der Waals surface area (Å²) in [5.74, 6) is 0.0720. The van der Waals surface area contributed by atoms with E-state index in [-0.39, 0.29) is 5.91 Å². The maximum atomic E-state index is 11.6.